The highest BCUT2D eigenvalue weighted by molar-refractivity contribution is 7.92. The molecule has 1 aromatic rings. The van der Waals surface area contributed by atoms with Gasteiger partial charge in [-0.1, -0.05) is 33.9 Å². The molecular weight excluding hydrogens is 276 g/mol. The number of ketones is 1. The van der Waals surface area contributed by atoms with E-state index in [-0.39, 0.29) is 32.0 Å². The molecule has 116 valence electrons. The molecule has 0 aromatic heterocycles. The predicted molar refractivity (Wildman–Crippen MR) is 82.5 cm³/mol. The fourth-order valence-corrected chi connectivity index (χ4v) is 2.85. The Morgan fingerprint density at radius 1 is 1.25 bits per heavy atom. The molecule has 0 aliphatic rings. The maximum absolute atomic E-state index is 12.0. The minimum Gasteiger partial charge on any atom is -0.386 e. The fraction of sp³-hybridized carbons (Fsp3) is 0.533. The second-order valence-electron chi connectivity index (χ2n) is 4.74. The number of Topliss-reactive ketones (excluding diaryl/α,β-unsaturated/α-hetero) is 1. The zero-order valence-corrected chi connectivity index (χ0v) is 11.6. The van der Waals surface area contributed by atoms with Crippen LogP contribution in [-0.4, -0.2) is 25.1 Å². The maximum atomic E-state index is 12.0. The lowest BCUT2D eigenvalue weighted by Crippen LogP contribution is -2.18. The smallest absolute Gasteiger partial charge is 0.185 e. The van der Waals surface area contributed by atoms with Crippen LogP contribution in [0.25, 0.3) is 0 Å². The largest absolute Gasteiger partial charge is 0.386 e. The van der Waals surface area contributed by atoms with Crippen molar-refractivity contribution in [2.45, 2.75) is 52.5 Å². The number of benzene rings is 1. The van der Waals surface area contributed by atoms with Crippen LogP contribution < -0.4 is 0 Å². The molecule has 0 heterocycles. The molecule has 0 amide bonds. The lowest BCUT2D eigenvalue weighted by Gasteiger charge is -2.18. The summed E-state index contributed by atoms with van der Waals surface area (Å²) in [5.41, 5.74) is -0.604. The molecule has 1 N–H and O–H groups in total. The molecule has 20 heavy (non-hydrogen) atoms. The number of hydrogen-bond acceptors (Lipinski definition) is 4. The van der Waals surface area contributed by atoms with Crippen LogP contribution in [0, 0.1) is 0 Å². The second-order valence-corrected chi connectivity index (χ2v) is 6.73. The van der Waals surface area contributed by atoms with Crippen molar-refractivity contribution >= 4 is 15.6 Å². The highest BCUT2D eigenvalue weighted by Crippen LogP contribution is 2.23. The third kappa shape index (κ3) is 5.43. The number of sulfone groups is 1. The van der Waals surface area contributed by atoms with Crippen molar-refractivity contribution in [3.05, 3.63) is 29.8 Å². The third-order valence-corrected chi connectivity index (χ3v) is 4.32. The van der Waals surface area contributed by atoms with Gasteiger partial charge in [-0.05, 0) is 31.5 Å². The number of aliphatic hydroxyl groups is 1. The van der Waals surface area contributed by atoms with E-state index in [1.54, 1.807) is 32.9 Å². The van der Waals surface area contributed by atoms with E-state index < -0.39 is 21.2 Å². The topological polar surface area (TPSA) is 71.4 Å². The van der Waals surface area contributed by atoms with E-state index in [9.17, 15) is 18.3 Å². The highest BCUT2D eigenvalue weighted by Gasteiger charge is 2.22. The zero-order chi connectivity index (χ0) is 14.0. The summed E-state index contributed by atoms with van der Waals surface area (Å²) in [4.78, 5) is 11.3. The van der Waals surface area contributed by atoms with Gasteiger partial charge in [-0.3, -0.25) is 4.79 Å². The molecule has 0 spiro atoms. The van der Waals surface area contributed by atoms with Crippen LogP contribution >= 0.6 is 0 Å². The van der Waals surface area contributed by atoms with Crippen LogP contribution in [0.3, 0.4) is 0 Å². The van der Waals surface area contributed by atoms with Gasteiger partial charge in [0.2, 0.25) is 0 Å². The minimum atomic E-state index is -3.62. The summed E-state index contributed by atoms with van der Waals surface area (Å²) >= 11 is 0. The lowest BCUT2D eigenvalue weighted by atomic mass is 9.99. The molecule has 0 saturated heterocycles. The van der Waals surface area contributed by atoms with E-state index in [0.29, 0.717) is 5.56 Å². The van der Waals surface area contributed by atoms with E-state index in [4.69, 9.17) is 0 Å². The Labute approximate surface area is 122 Å². The third-order valence-electron chi connectivity index (χ3n) is 2.64. The van der Waals surface area contributed by atoms with Crippen LogP contribution in [0.2, 0.25) is 0 Å². The Kier molecular flexibility index (Phi) is 7.96. The molecule has 0 bridgehead atoms. The van der Waals surface area contributed by atoms with E-state index in [1.807, 2.05) is 0 Å². The number of carbonyl (C=O) groups is 1. The first-order valence-electron chi connectivity index (χ1n) is 5.74. The molecule has 1 aromatic carbocycles. The summed E-state index contributed by atoms with van der Waals surface area (Å²) in [7, 11) is -3.62. The van der Waals surface area contributed by atoms with Gasteiger partial charge in [0.25, 0.3) is 0 Å². The summed E-state index contributed by atoms with van der Waals surface area (Å²) in [6.07, 6.45) is 0.199. The normalized spacial score (nSPS) is 11.2. The zero-order valence-electron chi connectivity index (χ0n) is 10.8. The second kappa shape index (κ2) is 7.55. The van der Waals surface area contributed by atoms with Crippen molar-refractivity contribution in [1.29, 1.82) is 0 Å². The summed E-state index contributed by atoms with van der Waals surface area (Å²) in [6.45, 7) is 4.79. The van der Waals surface area contributed by atoms with E-state index in [1.165, 1.54) is 12.1 Å². The number of rotatable bonds is 5. The van der Waals surface area contributed by atoms with Gasteiger partial charge in [0, 0.05) is 6.42 Å². The summed E-state index contributed by atoms with van der Waals surface area (Å²) in [5.74, 6) is -0.803. The van der Waals surface area contributed by atoms with Gasteiger partial charge < -0.3 is 5.11 Å². The molecule has 0 aliphatic carbocycles. The van der Waals surface area contributed by atoms with Gasteiger partial charge in [-0.2, -0.15) is 0 Å². The van der Waals surface area contributed by atoms with Crippen LogP contribution in [0.1, 0.15) is 47.6 Å². The molecule has 5 heteroatoms. The molecule has 4 nitrogen and oxygen atoms in total. The van der Waals surface area contributed by atoms with Gasteiger partial charge >= 0.3 is 0 Å². The van der Waals surface area contributed by atoms with Gasteiger partial charge in [-0.15, -0.1) is 0 Å². The Morgan fingerprint density at radius 3 is 2.25 bits per heavy atom. The monoisotopic (exact) mass is 302 g/mol. The van der Waals surface area contributed by atoms with E-state index in [0.717, 1.165) is 0 Å². The lowest BCUT2D eigenvalue weighted by molar-refractivity contribution is -0.116. The van der Waals surface area contributed by atoms with Crippen molar-refractivity contribution in [1.82, 2.24) is 0 Å². The molecular formula is C15H26O4S. The quantitative estimate of drug-likeness (QED) is 0.907. The number of carbonyl (C=O) groups excluding carboxylic acids is 1. The Bertz CT molecular complexity index is 539. The predicted octanol–water partition coefficient (Wildman–Crippen LogP) is 2.94. The molecule has 0 saturated carbocycles. The van der Waals surface area contributed by atoms with Crippen LogP contribution in [0.15, 0.2) is 29.2 Å². The van der Waals surface area contributed by atoms with Crippen LogP contribution in [0.4, 0.5) is 0 Å². The van der Waals surface area contributed by atoms with Crippen molar-refractivity contribution in [3.8, 4) is 0 Å². The van der Waals surface area contributed by atoms with Gasteiger partial charge in [0.05, 0.1) is 10.5 Å². The van der Waals surface area contributed by atoms with Gasteiger partial charge in [-0.25, -0.2) is 8.42 Å². The van der Waals surface area contributed by atoms with Gasteiger partial charge in [0.1, 0.15) is 11.5 Å². The van der Waals surface area contributed by atoms with Crippen LogP contribution in [-0.2, 0) is 20.2 Å². The SMILES string of the molecule is C.C.CCC(=O)CS(=O)(=O)c1cccc(C(C)(C)O)c1. The Hall–Kier alpha value is -1.20. The molecule has 1 rings (SSSR count). The minimum absolute atomic E-state index is 0. The van der Waals surface area contributed by atoms with Crippen molar-refractivity contribution < 1.29 is 18.3 Å². The Balaban J connectivity index is 0. The fourth-order valence-electron chi connectivity index (χ4n) is 1.47. The molecule has 0 unspecified atom stereocenters. The summed E-state index contributed by atoms with van der Waals surface area (Å²) < 4.78 is 24.0. The van der Waals surface area contributed by atoms with Crippen molar-refractivity contribution in [3.63, 3.8) is 0 Å². The summed E-state index contributed by atoms with van der Waals surface area (Å²) in [5, 5.41) is 9.85. The van der Waals surface area contributed by atoms with Crippen molar-refractivity contribution in [2.75, 3.05) is 5.75 Å². The molecule has 0 fully saturated rings. The average molecular weight is 302 g/mol. The average Bonchev–Trinajstić information content (AvgIpc) is 2.27. The first kappa shape index (κ1) is 21.1. The van der Waals surface area contributed by atoms with Crippen molar-refractivity contribution in [2.24, 2.45) is 0 Å². The number of hydrogen-bond donors (Lipinski definition) is 1. The molecule has 0 radical (unpaired) electrons. The molecule has 0 aliphatic heterocycles. The highest BCUT2D eigenvalue weighted by atomic mass is 32.2. The van der Waals surface area contributed by atoms with Crippen LogP contribution in [0.5, 0.6) is 0 Å². The first-order chi connectivity index (χ1) is 8.16. The standard InChI is InChI=1S/C13H18O4S.2CH4/c1-4-11(14)9-18(16,17)12-7-5-6-10(8-12)13(2,3)15;;/h5-8,15H,4,9H2,1-3H3;2*1H4. The van der Waals surface area contributed by atoms with Gasteiger partial charge in [0.15, 0.2) is 9.84 Å². The Morgan fingerprint density at radius 2 is 1.80 bits per heavy atom. The summed E-state index contributed by atoms with van der Waals surface area (Å²) in [6, 6.07) is 6.07. The van der Waals surface area contributed by atoms with E-state index in [2.05, 4.69) is 0 Å². The molecule has 0 atom stereocenters. The maximum Gasteiger partial charge on any atom is 0.185 e. The first-order valence-corrected chi connectivity index (χ1v) is 7.39. The van der Waals surface area contributed by atoms with E-state index >= 15 is 0 Å².